The molecule has 0 heterocycles. The molecule has 0 unspecified atom stereocenters. The molecule has 0 aliphatic heterocycles. The van der Waals surface area contributed by atoms with Crippen LogP contribution in [0.5, 0.6) is 0 Å². The highest BCUT2D eigenvalue weighted by Gasteiger charge is 2.12. The Kier molecular flexibility index (Phi) is 4.15. The van der Waals surface area contributed by atoms with Crippen molar-refractivity contribution in [3.05, 3.63) is 95.1 Å². The summed E-state index contributed by atoms with van der Waals surface area (Å²) in [6.07, 6.45) is 1.94. The van der Waals surface area contributed by atoms with Crippen molar-refractivity contribution in [1.82, 2.24) is 0 Å². The largest absolute Gasteiger partial charge is 0.192 e. The molecule has 0 atom stereocenters. The van der Waals surface area contributed by atoms with Gasteiger partial charge < -0.3 is 0 Å². The van der Waals surface area contributed by atoms with Gasteiger partial charge in [0.2, 0.25) is 0 Å². The smallest absolute Gasteiger partial charge is 0.0991 e. The van der Waals surface area contributed by atoms with Crippen LogP contribution in [0.2, 0.25) is 0 Å². The summed E-state index contributed by atoms with van der Waals surface area (Å²) in [5, 5.41) is 16.8. The number of hydrogen-bond donors (Lipinski definition) is 0. The summed E-state index contributed by atoms with van der Waals surface area (Å²) in [5.74, 6) is 0.527. The molecule has 0 fully saturated rings. The van der Waals surface area contributed by atoms with E-state index in [-0.39, 0.29) is 0 Å². The number of nitrogens with zero attached hydrogens (tertiary/aromatic N) is 1. The van der Waals surface area contributed by atoms with Crippen LogP contribution in [0.3, 0.4) is 0 Å². The summed E-state index contributed by atoms with van der Waals surface area (Å²) < 4.78 is 0. The second-order valence-electron chi connectivity index (χ2n) is 7.31. The molecule has 1 nitrogen and oxygen atoms in total. The van der Waals surface area contributed by atoms with Crippen LogP contribution in [0.4, 0.5) is 0 Å². The molecule has 5 rings (SSSR count). The zero-order valence-electron chi connectivity index (χ0n) is 15.4. The lowest BCUT2D eigenvalue weighted by Gasteiger charge is -2.15. The van der Waals surface area contributed by atoms with Gasteiger partial charge in [-0.3, -0.25) is 0 Å². The predicted molar refractivity (Wildman–Crippen MR) is 118 cm³/mol. The number of halogens is 1. The molecule has 0 aromatic heterocycles. The van der Waals surface area contributed by atoms with E-state index in [0.717, 1.165) is 12.8 Å². The van der Waals surface area contributed by atoms with Gasteiger partial charge in [-0.2, -0.15) is 5.26 Å². The first-order chi connectivity index (χ1) is 13.8. The Morgan fingerprint density at radius 3 is 1.82 bits per heavy atom. The van der Waals surface area contributed by atoms with Gasteiger partial charge in [0.15, 0.2) is 0 Å². The quantitative estimate of drug-likeness (QED) is 0.244. The summed E-state index contributed by atoms with van der Waals surface area (Å²) in [4.78, 5) is 0. The van der Waals surface area contributed by atoms with Crippen LogP contribution in [0, 0.1) is 11.3 Å². The first kappa shape index (κ1) is 17.0. The molecule has 0 aliphatic carbocycles. The molecule has 0 saturated carbocycles. The molecular formula is C26H18ClN. The van der Waals surface area contributed by atoms with Gasteiger partial charge >= 0.3 is 0 Å². The minimum absolute atomic E-state index is 0.527. The van der Waals surface area contributed by atoms with Gasteiger partial charge in [-0.25, -0.2) is 0 Å². The van der Waals surface area contributed by atoms with Gasteiger partial charge in [-0.05, 0) is 74.0 Å². The third-order valence-electron chi connectivity index (χ3n) is 5.76. The van der Waals surface area contributed by atoms with Crippen LogP contribution in [0.15, 0.2) is 72.8 Å². The Bertz CT molecular complexity index is 1340. The van der Waals surface area contributed by atoms with Crippen LogP contribution >= 0.6 is 11.6 Å². The van der Waals surface area contributed by atoms with E-state index in [1.807, 2.05) is 12.1 Å². The number of benzene rings is 5. The van der Waals surface area contributed by atoms with Crippen molar-refractivity contribution >= 4 is 43.9 Å². The van der Waals surface area contributed by atoms with E-state index in [9.17, 15) is 0 Å². The molecule has 2 heteroatoms. The van der Waals surface area contributed by atoms with Gasteiger partial charge in [-0.1, -0.05) is 60.7 Å². The molecule has 5 aromatic carbocycles. The molecule has 0 bridgehead atoms. The van der Waals surface area contributed by atoms with E-state index >= 15 is 0 Å². The van der Waals surface area contributed by atoms with Crippen LogP contribution in [-0.2, 0) is 18.7 Å². The molecule has 134 valence electrons. The van der Waals surface area contributed by atoms with E-state index in [4.69, 9.17) is 16.9 Å². The minimum atomic E-state index is 0.527. The lowest BCUT2D eigenvalue weighted by Crippen LogP contribution is -1.95. The maximum absolute atomic E-state index is 8.97. The van der Waals surface area contributed by atoms with Crippen LogP contribution in [0.25, 0.3) is 32.3 Å². The Morgan fingerprint density at radius 1 is 0.643 bits per heavy atom. The average molecular weight is 380 g/mol. The fourth-order valence-corrected chi connectivity index (χ4v) is 4.51. The summed E-state index contributed by atoms with van der Waals surface area (Å²) >= 11 is 6.20. The molecule has 0 N–H and O–H groups in total. The third-order valence-corrected chi connectivity index (χ3v) is 6.04. The van der Waals surface area contributed by atoms with Gasteiger partial charge in [0.25, 0.3) is 0 Å². The van der Waals surface area contributed by atoms with E-state index < -0.39 is 0 Å². The van der Waals surface area contributed by atoms with Gasteiger partial charge in [0, 0.05) is 5.88 Å². The zero-order valence-corrected chi connectivity index (χ0v) is 16.1. The molecule has 0 amide bonds. The molecule has 0 radical (unpaired) electrons. The first-order valence-corrected chi connectivity index (χ1v) is 10.1. The monoisotopic (exact) mass is 379 g/mol. The molecule has 0 aliphatic rings. The fourth-order valence-electron chi connectivity index (χ4n) is 4.28. The topological polar surface area (TPSA) is 23.8 Å². The number of rotatable bonds is 4. The normalized spacial score (nSPS) is 11.4. The lowest BCUT2D eigenvalue weighted by molar-refractivity contribution is 0.969. The predicted octanol–water partition coefficient (Wildman–Crippen LogP) is 6.98. The van der Waals surface area contributed by atoms with Crippen LogP contribution in [-0.4, -0.2) is 0 Å². The number of aryl methyl sites for hydroxylation is 2. The number of nitriles is 1. The fraction of sp³-hybridized carbons (Fsp3) is 0.115. The van der Waals surface area contributed by atoms with E-state index in [1.54, 1.807) is 0 Å². The lowest BCUT2D eigenvalue weighted by atomic mass is 9.89. The molecule has 28 heavy (non-hydrogen) atoms. The highest BCUT2D eigenvalue weighted by atomic mass is 35.5. The van der Waals surface area contributed by atoms with Crippen molar-refractivity contribution in [2.24, 2.45) is 0 Å². The maximum Gasteiger partial charge on any atom is 0.0991 e. The van der Waals surface area contributed by atoms with Crippen molar-refractivity contribution in [3.8, 4) is 6.07 Å². The highest BCUT2D eigenvalue weighted by Crippen LogP contribution is 2.38. The standard InChI is InChI=1S/C26H18ClN/c27-15-22-12-11-21-10-9-20-8-7-19(23-13-14-24(22)26(21)25(20)23)6-5-17-1-3-18(16-28)4-2-17/h1-4,7-14H,5-6,15H2. The molecule has 0 saturated heterocycles. The number of alkyl halides is 1. The van der Waals surface area contributed by atoms with Crippen molar-refractivity contribution in [1.29, 1.82) is 5.26 Å². The van der Waals surface area contributed by atoms with Crippen molar-refractivity contribution in [2.75, 3.05) is 0 Å². The van der Waals surface area contributed by atoms with Gasteiger partial charge in [0.05, 0.1) is 11.6 Å². The molecule has 0 spiro atoms. The van der Waals surface area contributed by atoms with E-state index in [1.165, 1.54) is 49.0 Å². The Hall–Kier alpha value is -3.08. The summed E-state index contributed by atoms with van der Waals surface area (Å²) in [7, 11) is 0. The van der Waals surface area contributed by atoms with Crippen molar-refractivity contribution in [3.63, 3.8) is 0 Å². The van der Waals surface area contributed by atoms with Gasteiger partial charge in [-0.15, -0.1) is 11.6 Å². The second kappa shape index (κ2) is 6.82. The van der Waals surface area contributed by atoms with E-state index in [0.29, 0.717) is 11.4 Å². The SMILES string of the molecule is N#Cc1ccc(CCc2ccc3ccc4ccc(CCl)c5ccc2c3c45)cc1. The summed E-state index contributed by atoms with van der Waals surface area (Å²) in [6.45, 7) is 0. The van der Waals surface area contributed by atoms with Crippen molar-refractivity contribution < 1.29 is 0 Å². The van der Waals surface area contributed by atoms with Gasteiger partial charge in [0.1, 0.15) is 0 Å². The van der Waals surface area contributed by atoms with Crippen molar-refractivity contribution in [2.45, 2.75) is 18.7 Å². The Morgan fingerprint density at radius 2 is 1.21 bits per heavy atom. The summed E-state index contributed by atoms with van der Waals surface area (Å²) in [6, 6.07) is 27.8. The zero-order chi connectivity index (χ0) is 19.1. The second-order valence-corrected chi connectivity index (χ2v) is 7.58. The third kappa shape index (κ3) is 2.70. The van der Waals surface area contributed by atoms with Crippen LogP contribution in [0.1, 0.15) is 22.3 Å². The number of hydrogen-bond acceptors (Lipinski definition) is 1. The summed E-state index contributed by atoms with van der Waals surface area (Å²) in [5.41, 5.74) is 4.52. The maximum atomic E-state index is 8.97. The molecular weight excluding hydrogens is 362 g/mol. The first-order valence-electron chi connectivity index (χ1n) is 9.52. The minimum Gasteiger partial charge on any atom is -0.192 e. The van der Waals surface area contributed by atoms with E-state index in [2.05, 4.69) is 66.7 Å². The Balaban J connectivity index is 1.62. The molecule has 5 aromatic rings. The Labute approximate surface area is 169 Å². The average Bonchev–Trinajstić information content (AvgIpc) is 2.76. The highest BCUT2D eigenvalue weighted by molar-refractivity contribution is 6.25. The van der Waals surface area contributed by atoms with Crippen LogP contribution < -0.4 is 0 Å².